The van der Waals surface area contributed by atoms with Crippen LogP contribution < -0.4 is 11.1 Å². The number of anilines is 2. The fraction of sp³-hybridized carbons (Fsp3) is 0.450. The standard InChI is InChI=1S/C20H24N8OS/c1-20(2)7-11-8-22-18(21)24-14(11)15-13(20)16(27-26-15)17(29)25-19-23-12(10-30-19)9-28-5-3-4-6-28/h8,10H,3-7,9H2,1-2H3,(H,26,27)(H2,21,22,24)(H,23,25,29). The third kappa shape index (κ3) is 3.35. The van der Waals surface area contributed by atoms with Gasteiger partial charge >= 0.3 is 0 Å². The Kier molecular flexibility index (Phi) is 4.55. The molecule has 4 heterocycles. The van der Waals surface area contributed by atoms with Crippen molar-refractivity contribution in [1.29, 1.82) is 0 Å². The number of rotatable bonds is 4. The number of hydrogen-bond acceptors (Lipinski definition) is 8. The summed E-state index contributed by atoms with van der Waals surface area (Å²) in [5, 5.41) is 12.9. The Morgan fingerprint density at radius 1 is 1.33 bits per heavy atom. The van der Waals surface area contributed by atoms with E-state index < -0.39 is 0 Å². The highest BCUT2D eigenvalue weighted by molar-refractivity contribution is 7.14. The second-order valence-electron chi connectivity index (χ2n) is 8.57. The Labute approximate surface area is 178 Å². The summed E-state index contributed by atoms with van der Waals surface area (Å²) >= 11 is 1.44. The van der Waals surface area contributed by atoms with E-state index in [1.54, 1.807) is 6.20 Å². The molecule has 1 aliphatic carbocycles. The highest BCUT2D eigenvalue weighted by Gasteiger charge is 2.38. The Morgan fingerprint density at radius 3 is 2.93 bits per heavy atom. The average Bonchev–Trinajstić information content (AvgIpc) is 3.44. The summed E-state index contributed by atoms with van der Waals surface area (Å²) in [7, 11) is 0. The van der Waals surface area contributed by atoms with E-state index in [1.807, 2.05) is 5.38 Å². The molecule has 2 aliphatic rings. The van der Waals surface area contributed by atoms with Crippen molar-refractivity contribution in [2.75, 3.05) is 24.1 Å². The van der Waals surface area contributed by atoms with Gasteiger partial charge in [0.1, 0.15) is 0 Å². The molecule has 9 nitrogen and oxygen atoms in total. The summed E-state index contributed by atoms with van der Waals surface area (Å²) < 4.78 is 0. The SMILES string of the molecule is CC1(C)Cc2cnc(N)nc2-c2[nH]nc(C(=O)Nc3nc(CN4CCCC4)cs3)c21. The lowest BCUT2D eigenvalue weighted by Crippen LogP contribution is -2.29. The Hall–Kier alpha value is -2.85. The third-order valence-electron chi connectivity index (χ3n) is 5.77. The number of hydrogen-bond donors (Lipinski definition) is 3. The minimum absolute atomic E-state index is 0.202. The number of aromatic amines is 1. The van der Waals surface area contributed by atoms with Crippen molar-refractivity contribution in [3.8, 4) is 11.4 Å². The minimum Gasteiger partial charge on any atom is -0.368 e. The number of nitrogens with two attached hydrogens (primary N) is 1. The molecule has 0 aromatic carbocycles. The average molecular weight is 425 g/mol. The van der Waals surface area contributed by atoms with Gasteiger partial charge in [0.2, 0.25) is 5.95 Å². The van der Waals surface area contributed by atoms with Gasteiger partial charge in [0, 0.05) is 23.7 Å². The number of likely N-dealkylation sites (tertiary alicyclic amines) is 1. The molecule has 3 aromatic heterocycles. The number of fused-ring (bicyclic) bond motifs is 3. The summed E-state index contributed by atoms with van der Waals surface area (Å²) in [4.78, 5) is 28.5. The second kappa shape index (κ2) is 7.13. The first kappa shape index (κ1) is 19.1. The van der Waals surface area contributed by atoms with Gasteiger partial charge in [0.05, 0.1) is 17.1 Å². The van der Waals surface area contributed by atoms with Crippen LogP contribution in [0.15, 0.2) is 11.6 Å². The molecular formula is C20H24N8OS. The number of nitrogens with one attached hydrogen (secondary N) is 2. The van der Waals surface area contributed by atoms with Crippen LogP contribution in [-0.2, 0) is 18.4 Å². The molecule has 0 atom stereocenters. The zero-order valence-electron chi connectivity index (χ0n) is 17.0. The zero-order valence-corrected chi connectivity index (χ0v) is 17.8. The number of thiazole rings is 1. The normalized spacial score (nSPS) is 17.5. The first-order valence-corrected chi connectivity index (χ1v) is 11.0. The molecule has 30 heavy (non-hydrogen) atoms. The van der Waals surface area contributed by atoms with Crippen molar-refractivity contribution in [2.45, 2.75) is 45.1 Å². The van der Waals surface area contributed by atoms with Crippen LogP contribution in [0.4, 0.5) is 11.1 Å². The molecule has 10 heteroatoms. The van der Waals surface area contributed by atoms with E-state index >= 15 is 0 Å². The van der Waals surface area contributed by atoms with E-state index in [1.165, 1.54) is 24.2 Å². The maximum atomic E-state index is 13.1. The maximum Gasteiger partial charge on any atom is 0.278 e. The molecular weight excluding hydrogens is 400 g/mol. The van der Waals surface area contributed by atoms with Gasteiger partial charge in [-0.3, -0.25) is 20.1 Å². The molecule has 0 bridgehead atoms. The predicted octanol–water partition coefficient (Wildman–Crippen LogP) is 2.59. The summed E-state index contributed by atoms with van der Waals surface area (Å²) in [6.45, 7) is 7.24. The van der Waals surface area contributed by atoms with Crippen molar-refractivity contribution in [3.63, 3.8) is 0 Å². The number of amides is 1. The smallest absolute Gasteiger partial charge is 0.278 e. The van der Waals surface area contributed by atoms with Gasteiger partial charge in [-0.2, -0.15) is 5.10 Å². The number of aromatic nitrogens is 5. The van der Waals surface area contributed by atoms with Gasteiger partial charge in [-0.25, -0.2) is 15.0 Å². The van der Waals surface area contributed by atoms with Gasteiger partial charge in [0.15, 0.2) is 10.8 Å². The number of H-pyrrole nitrogens is 1. The highest BCUT2D eigenvalue weighted by atomic mass is 32.1. The molecule has 4 N–H and O–H groups in total. The van der Waals surface area contributed by atoms with Crippen LogP contribution >= 0.6 is 11.3 Å². The fourth-order valence-corrected chi connectivity index (χ4v) is 5.13. The highest BCUT2D eigenvalue weighted by Crippen LogP contribution is 2.42. The molecule has 0 spiro atoms. The first-order valence-electron chi connectivity index (χ1n) is 10.1. The summed E-state index contributed by atoms with van der Waals surface area (Å²) in [6, 6.07) is 0. The molecule has 1 fully saturated rings. The fourth-order valence-electron chi connectivity index (χ4n) is 4.43. The number of nitrogens with zero attached hydrogens (tertiary/aromatic N) is 5. The molecule has 0 unspecified atom stereocenters. The first-order chi connectivity index (χ1) is 14.4. The van der Waals surface area contributed by atoms with Gasteiger partial charge in [-0.15, -0.1) is 11.3 Å². The van der Waals surface area contributed by atoms with Gasteiger partial charge in [0.25, 0.3) is 5.91 Å². The Balaban J connectivity index is 1.41. The van der Waals surface area contributed by atoms with E-state index in [-0.39, 0.29) is 17.3 Å². The summed E-state index contributed by atoms with van der Waals surface area (Å²) in [6.07, 6.45) is 4.94. The molecule has 0 radical (unpaired) electrons. The van der Waals surface area contributed by atoms with Crippen LogP contribution in [0.5, 0.6) is 0 Å². The second-order valence-corrected chi connectivity index (χ2v) is 9.42. The van der Waals surface area contributed by atoms with Crippen LogP contribution in [0.1, 0.15) is 54.0 Å². The Bertz CT molecular complexity index is 1110. The van der Waals surface area contributed by atoms with Crippen molar-refractivity contribution in [2.24, 2.45) is 0 Å². The summed E-state index contributed by atoms with van der Waals surface area (Å²) in [5.41, 5.74) is 10.1. The van der Waals surface area contributed by atoms with Crippen molar-refractivity contribution in [1.82, 2.24) is 30.0 Å². The van der Waals surface area contributed by atoms with Crippen molar-refractivity contribution >= 4 is 28.3 Å². The van der Waals surface area contributed by atoms with Gasteiger partial charge < -0.3 is 5.73 Å². The van der Waals surface area contributed by atoms with Crippen LogP contribution in [0.25, 0.3) is 11.4 Å². The lowest BCUT2D eigenvalue weighted by Gasteiger charge is -2.31. The van der Waals surface area contributed by atoms with Gasteiger partial charge in [-0.05, 0) is 43.3 Å². The van der Waals surface area contributed by atoms with E-state index in [0.29, 0.717) is 22.9 Å². The zero-order chi connectivity index (χ0) is 20.9. The van der Waals surface area contributed by atoms with E-state index in [4.69, 9.17) is 5.73 Å². The molecule has 1 saturated heterocycles. The maximum absolute atomic E-state index is 13.1. The largest absolute Gasteiger partial charge is 0.368 e. The topological polar surface area (TPSA) is 126 Å². The number of nitrogen functional groups attached to an aromatic ring is 1. The molecule has 5 rings (SSSR count). The Morgan fingerprint density at radius 2 is 2.13 bits per heavy atom. The quantitative estimate of drug-likeness (QED) is 0.588. The molecule has 3 aromatic rings. The van der Waals surface area contributed by atoms with Gasteiger partial charge in [-0.1, -0.05) is 13.8 Å². The van der Waals surface area contributed by atoms with Crippen molar-refractivity contribution < 1.29 is 4.79 Å². The van der Waals surface area contributed by atoms with E-state index in [9.17, 15) is 4.79 Å². The number of carbonyl (C=O) groups is 1. The van der Waals surface area contributed by atoms with Crippen LogP contribution in [0, 0.1) is 0 Å². The van der Waals surface area contributed by atoms with E-state index in [2.05, 4.69) is 49.2 Å². The van der Waals surface area contributed by atoms with Crippen LogP contribution in [-0.4, -0.2) is 49.0 Å². The lowest BCUT2D eigenvalue weighted by atomic mass is 9.73. The molecule has 156 valence electrons. The van der Waals surface area contributed by atoms with Crippen molar-refractivity contribution in [3.05, 3.63) is 34.1 Å². The monoisotopic (exact) mass is 424 g/mol. The third-order valence-corrected chi connectivity index (χ3v) is 6.57. The van der Waals surface area contributed by atoms with Crippen LogP contribution in [0.3, 0.4) is 0 Å². The predicted molar refractivity (Wildman–Crippen MR) is 115 cm³/mol. The molecule has 1 amide bonds. The number of carbonyl (C=O) groups excluding carboxylic acids is 1. The molecule has 1 aliphatic heterocycles. The van der Waals surface area contributed by atoms with E-state index in [0.717, 1.165) is 42.1 Å². The lowest BCUT2D eigenvalue weighted by molar-refractivity contribution is 0.102. The van der Waals surface area contributed by atoms with Crippen LogP contribution in [0.2, 0.25) is 0 Å². The summed E-state index contributed by atoms with van der Waals surface area (Å²) in [5.74, 6) is -0.0681. The molecule has 0 saturated carbocycles. The minimum atomic E-state index is -0.300.